The predicted octanol–water partition coefficient (Wildman–Crippen LogP) is 3.01. The summed E-state index contributed by atoms with van der Waals surface area (Å²) in [5.74, 6) is 0.884. The van der Waals surface area contributed by atoms with E-state index in [4.69, 9.17) is 14.2 Å². The van der Waals surface area contributed by atoms with Gasteiger partial charge in [-0.05, 0) is 44.9 Å². The zero-order valence-electron chi connectivity index (χ0n) is 13.8. The summed E-state index contributed by atoms with van der Waals surface area (Å²) < 4.78 is 16.0. The molecular formula is C17H29NO3. The molecule has 0 spiro atoms. The van der Waals surface area contributed by atoms with Crippen LogP contribution in [-0.4, -0.2) is 39.1 Å². The Morgan fingerprint density at radius 2 is 1.67 bits per heavy atom. The Morgan fingerprint density at radius 1 is 0.952 bits per heavy atom. The summed E-state index contributed by atoms with van der Waals surface area (Å²) in [6, 6.07) is 8.19. The van der Waals surface area contributed by atoms with E-state index in [0.29, 0.717) is 19.8 Å². The fourth-order valence-corrected chi connectivity index (χ4v) is 1.70. The Hall–Kier alpha value is -1.10. The van der Waals surface area contributed by atoms with E-state index < -0.39 is 0 Å². The zero-order valence-corrected chi connectivity index (χ0v) is 13.8. The third-order valence-electron chi connectivity index (χ3n) is 2.88. The SMILES string of the molecule is COCCCOCCOc1ccc(CNC(C)(C)C)cc1. The van der Waals surface area contributed by atoms with Crippen LogP contribution in [-0.2, 0) is 16.0 Å². The maximum atomic E-state index is 5.64. The van der Waals surface area contributed by atoms with Gasteiger partial charge in [-0.25, -0.2) is 0 Å². The molecule has 120 valence electrons. The Kier molecular flexibility index (Phi) is 8.35. The Balaban J connectivity index is 2.16. The standard InChI is InChI=1S/C17H29NO3/c1-17(2,3)18-14-15-6-8-16(9-7-15)21-13-12-20-11-5-10-19-4/h6-9,18H,5,10-14H2,1-4H3. The van der Waals surface area contributed by atoms with E-state index in [9.17, 15) is 0 Å². The Labute approximate surface area is 128 Å². The summed E-state index contributed by atoms with van der Waals surface area (Å²) in [4.78, 5) is 0. The first-order chi connectivity index (χ1) is 10.0. The molecule has 1 N–H and O–H groups in total. The molecule has 0 unspecified atom stereocenters. The van der Waals surface area contributed by atoms with Crippen LogP contribution in [0.25, 0.3) is 0 Å². The van der Waals surface area contributed by atoms with Gasteiger partial charge in [0.1, 0.15) is 12.4 Å². The van der Waals surface area contributed by atoms with Gasteiger partial charge in [-0.3, -0.25) is 0 Å². The number of hydrogen-bond donors (Lipinski definition) is 1. The highest BCUT2D eigenvalue weighted by Crippen LogP contribution is 2.13. The Bertz CT molecular complexity index is 371. The smallest absolute Gasteiger partial charge is 0.119 e. The van der Waals surface area contributed by atoms with Crippen LogP contribution in [0.3, 0.4) is 0 Å². The van der Waals surface area contributed by atoms with Gasteiger partial charge >= 0.3 is 0 Å². The minimum Gasteiger partial charge on any atom is -0.491 e. The van der Waals surface area contributed by atoms with Gasteiger partial charge in [-0.1, -0.05) is 12.1 Å². The molecule has 0 aliphatic heterocycles. The van der Waals surface area contributed by atoms with Gasteiger partial charge in [0.25, 0.3) is 0 Å². The second kappa shape index (κ2) is 9.77. The fraction of sp³-hybridized carbons (Fsp3) is 0.647. The molecule has 0 bridgehead atoms. The summed E-state index contributed by atoms with van der Waals surface area (Å²) in [6.45, 7) is 10.0. The quantitative estimate of drug-likeness (QED) is 0.674. The summed E-state index contributed by atoms with van der Waals surface area (Å²) in [6.07, 6.45) is 0.923. The van der Waals surface area contributed by atoms with Crippen molar-refractivity contribution in [3.8, 4) is 5.75 Å². The molecule has 0 saturated heterocycles. The number of rotatable bonds is 10. The first-order valence-electron chi connectivity index (χ1n) is 7.55. The van der Waals surface area contributed by atoms with Crippen molar-refractivity contribution in [2.75, 3.05) is 33.5 Å². The number of nitrogens with one attached hydrogen (secondary N) is 1. The summed E-state index contributed by atoms with van der Waals surface area (Å²) in [5.41, 5.74) is 1.39. The minimum absolute atomic E-state index is 0.134. The van der Waals surface area contributed by atoms with Crippen LogP contribution in [0.1, 0.15) is 32.8 Å². The second-order valence-electron chi connectivity index (χ2n) is 6.05. The lowest BCUT2D eigenvalue weighted by Crippen LogP contribution is -2.35. The molecule has 0 radical (unpaired) electrons. The number of methoxy groups -OCH3 is 1. The van der Waals surface area contributed by atoms with E-state index in [1.54, 1.807) is 7.11 Å². The number of hydrogen-bond acceptors (Lipinski definition) is 4. The largest absolute Gasteiger partial charge is 0.491 e. The summed E-state index contributed by atoms with van der Waals surface area (Å²) >= 11 is 0. The number of benzene rings is 1. The molecule has 0 fully saturated rings. The second-order valence-corrected chi connectivity index (χ2v) is 6.05. The molecule has 1 aromatic rings. The predicted molar refractivity (Wildman–Crippen MR) is 85.8 cm³/mol. The maximum Gasteiger partial charge on any atom is 0.119 e. The fourth-order valence-electron chi connectivity index (χ4n) is 1.70. The first kappa shape index (κ1) is 18.0. The lowest BCUT2D eigenvalue weighted by atomic mass is 10.1. The van der Waals surface area contributed by atoms with Crippen LogP contribution in [0, 0.1) is 0 Å². The van der Waals surface area contributed by atoms with Crippen LogP contribution >= 0.6 is 0 Å². The highest BCUT2D eigenvalue weighted by molar-refractivity contribution is 5.27. The average molecular weight is 295 g/mol. The van der Waals surface area contributed by atoms with Gasteiger partial charge in [0.2, 0.25) is 0 Å². The van der Waals surface area contributed by atoms with Gasteiger partial charge in [0, 0.05) is 32.4 Å². The normalized spacial score (nSPS) is 11.6. The van der Waals surface area contributed by atoms with Crippen LogP contribution in [0.5, 0.6) is 5.75 Å². The maximum absolute atomic E-state index is 5.64. The number of ether oxygens (including phenoxy) is 3. The molecule has 0 atom stereocenters. The highest BCUT2D eigenvalue weighted by Gasteiger charge is 2.08. The van der Waals surface area contributed by atoms with Crippen LogP contribution in [0.15, 0.2) is 24.3 Å². The first-order valence-corrected chi connectivity index (χ1v) is 7.55. The Morgan fingerprint density at radius 3 is 2.29 bits per heavy atom. The van der Waals surface area contributed by atoms with Gasteiger partial charge in [0.15, 0.2) is 0 Å². The molecule has 1 aromatic carbocycles. The summed E-state index contributed by atoms with van der Waals surface area (Å²) in [7, 11) is 1.70. The van der Waals surface area contributed by atoms with Crippen molar-refractivity contribution in [2.45, 2.75) is 39.3 Å². The van der Waals surface area contributed by atoms with Gasteiger partial charge in [0.05, 0.1) is 6.61 Å². The van der Waals surface area contributed by atoms with Crippen LogP contribution in [0.4, 0.5) is 0 Å². The van der Waals surface area contributed by atoms with E-state index in [2.05, 4.69) is 38.2 Å². The molecule has 0 heterocycles. The van der Waals surface area contributed by atoms with Crippen molar-refractivity contribution in [1.29, 1.82) is 0 Å². The van der Waals surface area contributed by atoms with Gasteiger partial charge < -0.3 is 19.5 Å². The van der Waals surface area contributed by atoms with Crippen molar-refractivity contribution < 1.29 is 14.2 Å². The van der Waals surface area contributed by atoms with Crippen molar-refractivity contribution in [3.05, 3.63) is 29.8 Å². The van der Waals surface area contributed by atoms with Crippen LogP contribution < -0.4 is 10.1 Å². The highest BCUT2D eigenvalue weighted by atomic mass is 16.5. The molecule has 0 amide bonds. The lowest BCUT2D eigenvalue weighted by molar-refractivity contribution is 0.0806. The summed E-state index contributed by atoms with van der Waals surface area (Å²) in [5, 5.41) is 3.46. The van der Waals surface area contributed by atoms with Crippen molar-refractivity contribution in [2.24, 2.45) is 0 Å². The van der Waals surface area contributed by atoms with E-state index in [-0.39, 0.29) is 5.54 Å². The van der Waals surface area contributed by atoms with E-state index in [1.807, 2.05) is 12.1 Å². The van der Waals surface area contributed by atoms with Crippen molar-refractivity contribution in [1.82, 2.24) is 5.32 Å². The minimum atomic E-state index is 0.134. The van der Waals surface area contributed by atoms with Crippen molar-refractivity contribution >= 4 is 0 Å². The molecule has 4 nitrogen and oxygen atoms in total. The average Bonchev–Trinajstić information content (AvgIpc) is 2.44. The lowest BCUT2D eigenvalue weighted by Gasteiger charge is -2.20. The third-order valence-corrected chi connectivity index (χ3v) is 2.88. The molecule has 0 aromatic heterocycles. The van der Waals surface area contributed by atoms with Crippen LogP contribution in [0.2, 0.25) is 0 Å². The molecule has 1 rings (SSSR count). The molecule has 0 saturated carbocycles. The topological polar surface area (TPSA) is 39.7 Å². The third kappa shape index (κ3) is 9.45. The zero-order chi connectivity index (χ0) is 15.6. The monoisotopic (exact) mass is 295 g/mol. The van der Waals surface area contributed by atoms with E-state index >= 15 is 0 Å². The molecule has 21 heavy (non-hydrogen) atoms. The van der Waals surface area contributed by atoms with E-state index in [1.165, 1.54) is 5.56 Å². The molecular weight excluding hydrogens is 266 g/mol. The molecule has 4 heteroatoms. The van der Waals surface area contributed by atoms with Gasteiger partial charge in [-0.2, -0.15) is 0 Å². The van der Waals surface area contributed by atoms with Crippen molar-refractivity contribution in [3.63, 3.8) is 0 Å². The van der Waals surface area contributed by atoms with Gasteiger partial charge in [-0.15, -0.1) is 0 Å². The molecule has 0 aliphatic rings. The van der Waals surface area contributed by atoms with E-state index in [0.717, 1.165) is 25.3 Å². The molecule has 0 aliphatic carbocycles.